The first-order valence-electron chi connectivity index (χ1n) is 8.95. The van der Waals surface area contributed by atoms with E-state index in [1.54, 1.807) is 24.3 Å². The summed E-state index contributed by atoms with van der Waals surface area (Å²) in [6.45, 7) is 1.88. The maximum absolute atomic E-state index is 12.9. The molecule has 0 bridgehead atoms. The number of rotatable bonds is 6. The summed E-state index contributed by atoms with van der Waals surface area (Å²) >= 11 is 0. The second-order valence-electron chi connectivity index (χ2n) is 6.75. The molecular formula is C22H20F3NO2S. The van der Waals surface area contributed by atoms with E-state index in [4.69, 9.17) is 0 Å². The van der Waals surface area contributed by atoms with Gasteiger partial charge in [0.25, 0.3) is 0 Å². The quantitative estimate of drug-likeness (QED) is 0.603. The number of alkyl halides is 3. The van der Waals surface area contributed by atoms with Gasteiger partial charge in [0.1, 0.15) is 0 Å². The third kappa shape index (κ3) is 5.25. The van der Waals surface area contributed by atoms with Crippen LogP contribution >= 0.6 is 0 Å². The van der Waals surface area contributed by atoms with Crippen molar-refractivity contribution in [2.75, 3.05) is 6.54 Å². The van der Waals surface area contributed by atoms with Crippen LogP contribution in [0.1, 0.15) is 28.2 Å². The highest BCUT2D eigenvalue weighted by Gasteiger charge is 2.30. The molecule has 29 heavy (non-hydrogen) atoms. The lowest BCUT2D eigenvalue weighted by molar-refractivity contribution is -0.137. The highest BCUT2D eigenvalue weighted by Crippen LogP contribution is 2.31. The van der Waals surface area contributed by atoms with Crippen molar-refractivity contribution in [3.05, 3.63) is 101 Å². The van der Waals surface area contributed by atoms with Gasteiger partial charge in [-0.2, -0.15) is 13.2 Å². The number of sulfonamides is 1. The number of benzene rings is 3. The van der Waals surface area contributed by atoms with E-state index < -0.39 is 27.7 Å². The van der Waals surface area contributed by atoms with Crippen molar-refractivity contribution in [1.29, 1.82) is 0 Å². The third-order valence-corrected chi connectivity index (χ3v) is 6.09. The van der Waals surface area contributed by atoms with Crippen molar-refractivity contribution in [3.63, 3.8) is 0 Å². The maximum Gasteiger partial charge on any atom is 0.416 e. The Morgan fingerprint density at radius 1 is 0.828 bits per heavy atom. The molecule has 0 fully saturated rings. The molecule has 3 nitrogen and oxygen atoms in total. The molecule has 0 amide bonds. The molecule has 0 aliphatic carbocycles. The summed E-state index contributed by atoms with van der Waals surface area (Å²) in [6.07, 6.45) is -4.42. The lowest BCUT2D eigenvalue weighted by atomic mass is 9.91. The molecule has 0 aromatic heterocycles. The summed E-state index contributed by atoms with van der Waals surface area (Å²) in [7, 11) is -3.75. The van der Waals surface area contributed by atoms with Crippen molar-refractivity contribution in [3.8, 4) is 0 Å². The molecule has 3 aromatic rings. The van der Waals surface area contributed by atoms with Crippen LogP contribution in [0.15, 0.2) is 83.8 Å². The van der Waals surface area contributed by atoms with Crippen molar-refractivity contribution in [2.24, 2.45) is 0 Å². The number of hydrogen-bond donors (Lipinski definition) is 1. The Balaban J connectivity index is 1.88. The van der Waals surface area contributed by atoms with Gasteiger partial charge in [0.2, 0.25) is 10.0 Å². The minimum absolute atomic E-state index is 0.0194. The minimum atomic E-state index is -4.42. The van der Waals surface area contributed by atoms with Crippen LogP contribution in [-0.2, 0) is 16.2 Å². The van der Waals surface area contributed by atoms with Crippen LogP contribution < -0.4 is 4.72 Å². The van der Waals surface area contributed by atoms with Gasteiger partial charge in [0.05, 0.1) is 10.5 Å². The van der Waals surface area contributed by atoms with Crippen LogP contribution in [0, 0.1) is 6.92 Å². The second kappa shape index (κ2) is 8.39. The van der Waals surface area contributed by atoms with Gasteiger partial charge in [-0.25, -0.2) is 13.1 Å². The maximum atomic E-state index is 12.9. The largest absolute Gasteiger partial charge is 0.416 e. The smallest absolute Gasteiger partial charge is 0.210 e. The number of aryl methyl sites for hydroxylation is 1. The van der Waals surface area contributed by atoms with Gasteiger partial charge in [0, 0.05) is 12.5 Å². The number of halogens is 3. The zero-order valence-electron chi connectivity index (χ0n) is 15.6. The average molecular weight is 419 g/mol. The van der Waals surface area contributed by atoms with Crippen LogP contribution in [0.3, 0.4) is 0 Å². The number of nitrogens with one attached hydrogen (secondary N) is 1. The van der Waals surface area contributed by atoms with E-state index in [0.717, 1.165) is 23.3 Å². The van der Waals surface area contributed by atoms with E-state index in [0.29, 0.717) is 5.56 Å². The fourth-order valence-electron chi connectivity index (χ4n) is 3.01. The first kappa shape index (κ1) is 21.1. The normalized spacial score (nSPS) is 13.2. The summed E-state index contributed by atoms with van der Waals surface area (Å²) in [4.78, 5) is 0.141. The molecule has 1 N–H and O–H groups in total. The van der Waals surface area contributed by atoms with E-state index in [2.05, 4.69) is 4.72 Å². The Morgan fingerprint density at radius 3 is 1.93 bits per heavy atom. The lowest BCUT2D eigenvalue weighted by Crippen LogP contribution is -2.29. The molecule has 0 unspecified atom stereocenters. The standard InChI is InChI=1S/C22H20F3NO2S/c1-16-7-13-20(14-8-16)29(27,28)26-15-21(17-5-3-2-4-6-17)18-9-11-19(12-10-18)22(23,24)25/h2-14,21,26H,15H2,1H3/t21-/m1/s1. The highest BCUT2D eigenvalue weighted by molar-refractivity contribution is 7.89. The molecule has 0 aliphatic rings. The van der Waals surface area contributed by atoms with Crippen molar-refractivity contribution >= 4 is 10.0 Å². The summed E-state index contributed by atoms with van der Waals surface area (Å²) in [5.41, 5.74) is 1.60. The van der Waals surface area contributed by atoms with Gasteiger partial charge in [-0.15, -0.1) is 0 Å². The molecular weight excluding hydrogens is 399 g/mol. The molecule has 0 heterocycles. The highest BCUT2D eigenvalue weighted by atomic mass is 32.2. The molecule has 0 aliphatic heterocycles. The van der Waals surface area contributed by atoms with Gasteiger partial charge in [-0.1, -0.05) is 60.2 Å². The van der Waals surface area contributed by atoms with E-state index in [1.807, 2.05) is 25.1 Å². The molecule has 152 valence electrons. The van der Waals surface area contributed by atoms with Crippen LogP contribution in [0.25, 0.3) is 0 Å². The number of hydrogen-bond acceptors (Lipinski definition) is 2. The van der Waals surface area contributed by atoms with E-state index in [1.165, 1.54) is 24.3 Å². The summed E-state index contributed by atoms with van der Waals surface area (Å²) in [5, 5.41) is 0. The summed E-state index contributed by atoms with van der Waals surface area (Å²) in [5.74, 6) is -0.432. The van der Waals surface area contributed by atoms with Gasteiger partial charge in [0.15, 0.2) is 0 Å². The van der Waals surface area contributed by atoms with Crippen molar-refractivity contribution in [1.82, 2.24) is 4.72 Å². The fourth-order valence-corrected chi connectivity index (χ4v) is 4.06. The topological polar surface area (TPSA) is 46.2 Å². The van der Waals surface area contributed by atoms with Crippen molar-refractivity contribution in [2.45, 2.75) is 23.9 Å². The molecule has 0 radical (unpaired) electrons. The minimum Gasteiger partial charge on any atom is -0.210 e. The van der Waals surface area contributed by atoms with Crippen LogP contribution in [-0.4, -0.2) is 15.0 Å². The first-order chi connectivity index (χ1) is 13.7. The Morgan fingerprint density at radius 2 is 1.38 bits per heavy atom. The zero-order chi connectivity index (χ0) is 21.1. The SMILES string of the molecule is Cc1ccc(S(=O)(=O)NC[C@H](c2ccccc2)c2ccc(C(F)(F)F)cc2)cc1. The van der Waals surface area contributed by atoms with Crippen LogP contribution in [0.5, 0.6) is 0 Å². The van der Waals surface area contributed by atoms with Gasteiger partial charge < -0.3 is 0 Å². The van der Waals surface area contributed by atoms with Gasteiger partial charge >= 0.3 is 6.18 Å². The van der Waals surface area contributed by atoms with Crippen LogP contribution in [0.2, 0.25) is 0 Å². The average Bonchev–Trinajstić information content (AvgIpc) is 2.69. The van der Waals surface area contributed by atoms with Crippen molar-refractivity contribution < 1.29 is 21.6 Å². The Hall–Kier alpha value is -2.64. The summed E-state index contributed by atoms with van der Waals surface area (Å²) < 4.78 is 66.5. The second-order valence-corrected chi connectivity index (χ2v) is 8.51. The van der Waals surface area contributed by atoms with Crippen LogP contribution in [0.4, 0.5) is 13.2 Å². The molecule has 0 spiro atoms. The Bertz CT molecular complexity index is 1050. The predicted molar refractivity (Wildman–Crippen MR) is 106 cm³/mol. The zero-order valence-corrected chi connectivity index (χ0v) is 16.5. The van der Waals surface area contributed by atoms with Gasteiger partial charge in [-0.3, -0.25) is 0 Å². The Kier molecular flexibility index (Phi) is 6.10. The monoisotopic (exact) mass is 419 g/mol. The molecule has 7 heteroatoms. The molecule has 1 atom stereocenters. The lowest BCUT2D eigenvalue weighted by Gasteiger charge is -2.20. The van der Waals surface area contributed by atoms with Gasteiger partial charge in [-0.05, 0) is 42.3 Å². The van der Waals surface area contributed by atoms with E-state index in [9.17, 15) is 21.6 Å². The summed E-state index contributed by atoms with van der Waals surface area (Å²) in [6, 6.07) is 20.3. The molecule has 0 saturated heterocycles. The molecule has 0 saturated carbocycles. The molecule has 3 aromatic carbocycles. The first-order valence-corrected chi connectivity index (χ1v) is 10.4. The predicted octanol–water partition coefficient (Wildman–Crippen LogP) is 5.12. The fraction of sp³-hybridized carbons (Fsp3) is 0.182. The third-order valence-electron chi connectivity index (χ3n) is 4.65. The Labute approximate surface area is 168 Å². The molecule has 3 rings (SSSR count). The van der Waals surface area contributed by atoms with E-state index in [-0.39, 0.29) is 11.4 Å². The van der Waals surface area contributed by atoms with E-state index >= 15 is 0 Å².